The van der Waals surface area contributed by atoms with Gasteiger partial charge in [0.05, 0.1) is 49.2 Å². The smallest absolute Gasteiger partial charge is 0.246 e. The van der Waals surface area contributed by atoms with Crippen LogP contribution in [0.1, 0.15) is 77.0 Å². The molecular formula is C36H69IN6O13. The molecule has 14 atom stereocenters. The number of hydrogen-bond donors (Lipinski definition) is 13. The molecule has 4 fully saturated rings. The van der Waals surface area contributed by atoms with Crippen molar-refractivity contribution in [3.05, 3.63) is 23.8 Å². The van der Waals surface area contributed by atoms with Crippen molar-refractivity contribution in [2.75, 3.05) is 32.8 Å². The van der Waals surface area contributed by atoms with Crippen LogP contribution in [-0.2, 0) is 26.8 Å². The predicted molar refractivity (Wildman–Crippen MR) is 214 cm³/mol. The Morgan fingerprint density at radius 1 is 0.964 bits per heavy atom. The lowest BCUT2D eigenvalue weighted by Crippen LogP contribution is -2.64. The van der Waals surface area contributed by atoms with Crippen molar-refractivity contribution >= 4 is 28.9 Å². The molecule has 1 amide bonds. The van der Waals surface area contributed by atoms with Gasteiger partial charge < -0.3 is 91.7 Å². The van der Waals surface area contributed by atoms with E-state index in [0.29, 0.717) is 26.0 Å². The minimum absolute atomic E-state index is 0.108. The fourth-order valence-electron chi connectivity index (χ4n) is 6.50. The molecule has 3 aliphatic heterocycles. The third-order valence-electron chi connectivity index (χ3n) is 9.87. The molecule has 12 unspecified atom stereocenters. The third-order valence-corrected chi connectivity index (χ3v) is 10.2. The zero-order valence-electron chi connectivity index (χ0n) is 32.2. The molecule has 0 radical (unpaired) electrons. The van der Waals surface area contributed by atoms with Gasteiger partial charge >= 0.3 is 0 Å². The Bertz CT molecular complexity index is 1130. The summed E-state index contributed by atoms with van der Waals surface area (Å²) in [6.45, 7) is 2.29. The van der Waals surface area contributed by atoms with Crippen LogP contribution in [0.2, 0.25) is 0 Å². The Balaban J connectivity index is 0.000000314. The molecule has 0 aromatic rings. The number of allylic oxidation sites excluding steroid dienone is 4. The second kappa shape index (κ2) is 28.5. The molecule has 0 spiro atoms. The largest absolute Gasteiger partial charge is 0.393 e. The molecule has 19 nitrogen and oxygen atoms in total. The number of carbonyl (C=O) groups excluding carboxylic acids is 1. The molecule has 0 bridgehead atoms. The third kappa shape index (κ3) is 19.4. The van der Waals surface area contributed by atoms with Gasteiger partial charge in [-0.25, -0.2) is 0 Å². The molecule has 5 rings (SSSR count). The average molecular weight is 921 g/mol. The SMILES string of the molecule is NC1C(OC2CCCC(O)C2)O[C@H](CNCCCC2=CCCC=C2)C(O)[C@@H]1O.NCC1OC(O)C(N)CC1O.NCCC(O)C(N)=O.OC1CCC(COI)O1. The average Bonchev–Trinajstić information content (AvgIpc) is 3.59. The van der Waals surface area contributed by atoms with Crippen LogP contribution >= 0.6 is 23.0 Å². The zero-order valence-corrected chi connectivity index (χ0v) is 34.3. The summed E-state index contributed by atoms with van der Waals surface area (Å²) in [5.74, 6) is -0.713. The highest BCUT2D eigenvalue weighted by atomic mass is 127. The van der Waals surface area contributed by atoms with Crippen molar-refractivity contribution in [3.63, 3.8) is 0 Å². The molecule has 20 heteroatoms. The number of nitrogens with one attached hydrogen (secondary N) is 1. The van der Waals surface area contributed by atoms with Gasteiger partial charge in [-0.05, 0) is 83.7 Å². The van der Waals surface area contributed by atoms with Crippen LogP contribution < -0.4 is 34.0 Å². The van der Waals surface area contributed by atoms with E-state index in [9.17, 15) is 25.2 Å². The van der Waals surface area contributed by atoms with Gasteiger partial charge in [0.15, 0.2) is 18.9 Å². The van der Waals surface area contributed by atoms with Gasteiger partial charge in [0, 0.05) is 19.5 Å². The van der Waals surface area contributed by atoms with E-state index in [1.54, 1.807) is 0 Å². The number of aliphatic hydroxyl groups is 7. The minimum Gasteiger partial charge on any atom is -0.393 e. The lowest BCUT2D eigenvalue weighted by molar-refractivity contribution is -0.275. The summed E-state index contributed by atoms with van der Waals surface area (Å²) in [7, 11) is 0. The molecule has 18 N–H and O–H groups in total. The number of hydrogen-bond acceptors (Lipinski definition) is 18. The Labute approximate surface area is 343 Å². The molecule has 0 aromatic carbocycles. The van der Waals surface area contributed by atoms with E-state index in [1.165, 1.54) is 5.57 Å². The molecule has 0 aromatic heterocycles. The zero-order chi connectivity index (χ0) is 41.6. The van der Waals surface area contributed by atoms with Gasteiger partial charge in [0.1, 0.15) is 47.4 Å². The van der Waals surface area contributed by atoms with Gasteiger partial charge in [-0.15, -0.1) is 0 Å². The highest BCUT2D eigenvalue weighted by molar-refractivity contribution is 14.1. The van der Waals surface area contributed by atoms with Crippen molar-refractivity contribution < 1.29 is 62.6 Å². The predicted octanol–water partition coefficient (Wildman–Crippen LogP) is -2.50. The standard InChI is InChI=1S/C21H36N2O5.C6H14N2O3.C5H9IO3.C4H10N2O2/c22-18-20(26)19(25)17(13-23-11-5-8-14-6-2-1-3-7-14)28-21(18)27-16-10-4-9-15(24)12-16;7-2-5-4(9)1-3(8)6(10)11-5;6-8-3-4-1-2-5(7)9-4;5-2-1-3(7)4(6)8/h2,6-7,15-21,23-26H,1,3-5,8-13,22H2;3-6,9-10H,1-2,7-8H2;4-5,7H,1-3H2;3,7H,1-2,5H2,(H2,6,8)/t15?,16?,17-,18?,19?,20-,21?;;;/m1.../s1. The lowest BCUT2D eigenvalue weighted by Gasteiger charge is -2.43. The van der Waals surface area contributed by atoms with Crippen molar-refractivity contribution in [1.29, 1.82) is 0 Å². The normalized spacial score (nSPS) is 36.1. The van der Waals surface area contributed by atoms with Gasteiger partial charge in [0.25, 0.3) is 0 Å². The summed E-state index contributed by atoms with van der Waals surface area (Å²) >= 11 is 1.82. The second-order valence-electron chi connectivity index (χ2n) is 14.6. The monoisotopic (exact) mass is 920 g/mol. The van der Waals surface area contributed by atoms with E-state index < -0.39 is 73.5 Å². The maximum atomic E-state index is 10.3. The summed E-state index contributed by atoms with van der Waals surface area (Å²) in [6.07, 6.45) is 8.64. The number of amides is 1. The molecule has 56 heavy (non-hydrogen) atoms. The molecular weight excluding hydrogens is 851 g/mol. The fraction of sp³-hybridized carbons (Fsp3) is 0.861. The molecule has 3 heterocycles. The van der Waals surface area contributed by atoms with Gasteiger partial charge in [0.2, 0.25) is 5.91 Å². The van der Waals surface area contributed by atoms with E-state index in [4.69, 9.17) is 60.3 Å². The number of ether oxygens (including phenoxy) is 4. The van der Waals surface area contributed by atoms with Crippen molar-refractivity contribution in [1.82, 2.24) is 5.32 Å². The summed E-state index contributed by atoms with van der Waals surface area (Å²) in [4.78, 5) is 10.0. The van der Waals surface area contributed by atoms with E-state index in [2.05, 4.69) is 29.3 Å². The first-order chi connectivity index (χ1) is 26.7. The lowest BCUT2D eigenvalue weighted by atomic mass is 9.94. The van der Waals surface area contributed by atoms with Crippen LogP contribution in [0.5, 0.6) is 0 Å². The van der Waals surface area contributed by atoms with Gasteiger partial charge in [-0.3, -0.25) is 4.79 Å². The molecule has 3 saturated heterocycles. The first kappa shape index (κ1) is 51.1. The number of rotatable bonds is 14. The second-order valence-corrected chi connectivity index (χ2v) is 15.2. The number of aliphatic hydroxyl groups excluding tert-OH is 7. The molecule has 1 saturated carbocycles. The Kier molecular flexibility index (Phi) is 26.0. The van der Waals surface area contributed by atoms with E-state index in [0.717, 1.165) is 64.3 Å². The van der Waals surface area contributed by atoms with Crippen molar-refractivity contribution in [2.24, 2.45) is 28.7 Å². The molecule has 2 aliphatic carbocycles. The topological polar surface area (TPSA) is 347 Å². The number of primary amides is 1. The number of halogens is 1. The quantitative estimate of drug-likeness (QED) is 0.0633. The Morgan fingerprint density at radius 3 is 2.29 bits per heavy atom. The van der Waals surface area contributed by atoms with E-state index in [-0.39, 0.29) is 37.8 Å². The summed E-state index contributed by atoms with van der Waals surface area (Å²) < 4.78 is 26.6. The van der Waals surface area contributed by atoms with Crippen LogP contribution in [-0.4, -0.2) is 160 Å². The number of carbonyl (C=O) groups is 1. The van der Waals surface area contributed by atoms with Gasteiger partial charge in [-0.1, -0.05) is 23.8 Å². The summed E-state index contributed by atoms with van der Waals surface area (Å²) in [5, 5.41) is 69.5. The van der Waals surface area contributed by atoms with Crippen molar-refractivity contribution in [3.8, 4) is 0 Å². The van der Waals surface area contributed by atoms with Gasteiger partial charge in [-0.2, -0.15) is 0 Å². The summed E-state index contributed by atoms with van der Waals surface area (Å²) in [5.41, 5.74) is 27.8. The molecule has 5 aliphatic rings. The maximum Gasteiger partial charge on any atom is 0.246 e. The number of nitrogens with two attached hydrogens (primary N) is 5. The Hall–Kier alpha value is -1.00. The van der Waals surface area contributed by atoms with E-state index >= 15 is 0 Å². The van der Waals surface area contributed by atoms with Crippen LogP contribution in [0.15, 0.2) is 23.8 Å². The Morgan fingerprint density at radius 2 is 1.71 bits per heavy atom. The van der Waals surface area contributed by atoms with Crippen LogP contribution in [0.25, 0.3) is 0 Å². The highest BCUT2D eigenvalue weighted by Gasteiger charge is 2.44. The molecule has 328 valence electrons. The van der Waals surface area contributed by atoms with E-state index in [1.807, 2.05) is 23.0 Å². The fourth-order valence-corrected chi connectivity index (χ4v) is 6.90. The minimum atomic E-state index is -1.10. The first-order valence-corrected chi connectivity index (χ1v) is 20.5. The van der Waals surface area contributed by atoms with Crippen LogP contribution in [0.3, 0.4) is 0 Å². The maximum absolute atomic E-state index is 10.3. The summed E-state index contributed by atoms with van der Waals surface area (Å²) in [6, 6.07) is -1.32. The van der Waals surface area contributed by atoms with Crippen molar-refractivity contribution in [2.45, 2.75) is 163 Å². The highest BCUT2D eigenvalue weighted by Crippen LogP contribution is 2.27. The first-order valence-electron chi connectivity index (χ1n) is 19.6. The van der Waals surface area contributed by atoms with Crippen LogP contribution in [0, 0.1) is 0 Å². The van der Waals surface area contributed by atoms with Crippen LogP contribution in [0.4, 0.5) is 0 Å².